The number of amides is 1. The van der Waals surface area contributed by atoms with E-state index in [4.69, 9.17) is 0 Å². The van der Waals surface area contributed by atoms with Crippen LogP contribution in [0.2, 0.25) is 0 Å². The van der Waals surface area contributed by atoms with E-state index in [1.807, 2.05) is 0 Å². The first-order valence-corrected chi connectivity index (χ1v) is 10.1. The van der Waals surface area contributed by atoms with Crippen molar-refractivity contribution in [3.8, 4) is 0 Å². The number of benzene rings is 2. The van der Waals surface area contributed by atoms with Crippen molar-refractivity contribution in [1.29, 1.82) is 0 Å². The second-order valence-electron chi connectivity index (χ2n) is 7.88. The zero-order chi connectivity index (χ0) is 18.6. The molecule has 1 fully saturated rings. The summed E-state index contributed by atoms with van der Waals surface area (Å²) in [5, 5.41) is 6.47. The molecule has 0 bridgehead atoms. The molecule has 0 saturated heterocycles. The Kier molecular flexibility index (Phi) is 5.28. The van der Waals surface area contributed by atoms with E-state index in [-0.39, 0.29) is 5.91 Å². The van der Waals surface area contributed by atoms with Crippen molar-refractivity contribution in [3.63, 3.8) is 0 Å². The molecule has 1 saturated carbocycles. The van der Waals surface area contributed by atoms with Crippen LogP contribution >= 0.6 is 0 Å². The van der Waals surface area contributed by atoms with Gasteiger partial charge in [-0.05, 0) is 55.6 Å². The van der Waals surface area contributed by atoms with E-state index >= 15 is 0 Å². The van der Waals surface area contributed by atoms with Gasteiger partial charge >= 0.3 is 0 Å². The highest BCUT2D eigenvalue weighted by molar-refractivity contribution is 5.95. The molecular formula is C24H28N2O. The average molecular weight is 361 g/mol. The van der Waals surface area contributed by atoms with E-state index < -0.39 is 0 Å². The molecule has 0 aromatic heterocycles. The van der Waals surface area contributed by atoms with Gasteiger partial charge in [-0.2, -0.15) is 0 Å². The minimum Gasteiger partial charge on any atom is -0.371 e. The van der Waals surface area contributed by atoms with Gasteiger partial charge in [-0.1, -0.05) is 60.2 Å². The lowest BCUT2D eigenvalue weighted by Crippen LogP contribution is -2.44. The number of carbonyl (C=O) groups excluding carboxylic acids is 1. The SMILES string of the molecule is Cc1cccc(CC2=C(C3CCC(c4ccccc4)CC3)NCNC2=O)c1. The maximum Gasteiger partial charge on any atom is 0.250 e. The molecule has 3 nitrogen and oxygen atoms in total. The molecule has 4 rings (SSSR count). The summed E-state index contributed by atoms with van der Waals surface area (Å²) in [6, 6.07) is 19.3. The highest BCUT2D eigenvalue weighted by Crippen LogP contribution is 2.39. The molecular weight excluding hydrogens is 332 g/mol. The third-order valence-corrected chi connectivity index (χ3v) is 6.00. The van der Waals surface area contributed by atoms with Gasteiger partial charge in [0.25, 0.3) is 5.91 Å². The van der Waals surface area contributed by atoms with Crippen LogP contribution in [0.5, 0.6) is 0 Å². The van der Waals surface area contributed by atoms with E-state index in [2.05, 4.69) is 72.2 Å². The molecule has 0 atom stereocenters. The number of rotatable bonds is 4. The normalized spacial score (nSPS) is 22.9. The molecule has 2 aliphatic rings. The minimum absolute atomic E-state index is 0.0930. The molecule has 0 radical (unpaired) electrons. The lowest BCUT2D eigenvalue weighted by Gasteiger charge is -2.34. The third kappa shape index (κ3) is 4.08. The molecule has 2 aromatic rings. The first kappa shape index (κ1) is 17.8. The number of allylic oxidation sites excluding steroid dienone is 1. The van der Waals surface area contributed by atoms with Crippen LogP contribution in [0.3, 0.4) is 0 Å². The Hall–Kier alpha value is -2.55. The van der Waals surface area contributed by atoms with Gasteiger partial charge in [0.2, 0.25) is 0 Å². The Morgan fingerprint density at radius 3 is 2.37 bits per heavy atom. The maximum absolute atomic E-state index is 12.6. The van der Waals surface area contributed by atoms with Gasteiger partial charge in [-0.15, -0.1) is 0 Å². The maximum atomic E-state index is 12.6. The zero-order valence-electron chi connectivity index (χ0n) is 16.0. The number of aryl methyl sites for hydroxylation is 1. The summed E-state index contributed by atoms with van der Waals surface area (Å²) >= 11 is 0. The van der Waals surface area contributed by atoms with Crippen LogP contribution in [0.25, 0.3) is 0 Å². The van der Waals surface area contributed by atoms with Gasteiger partial charge in [0.15, 0.2) is 0 Å². The molecule has 27 heavy (non-hydrogen) atoms. The second-order valence-corrected chi connectivity index (χ2v) is 7.88. The molecule has 1 aliphatic carbocycles. The van der Waals surface area contributed by atoms with Gasteiger partial charge in [0, 0.05) is 17.7 Å². The molecule has 140 valence electrons. The Bertz CT molecular complexity index is 832. The van der Waals surface area contributed by atoms with E-state index in [1.54, 1.807) is 0 Å². The fourth-order valence-corrected chi connectivity index (χ4v) is 4.59. The van der Waals surface area contributed by atoms with Crippen LogP contribution in [0.15, 0.2) is 65.9 Å². The van der Waals surface area contributed by atoms with Gasteiger partial charge in [-0.3, -0.25) is 4.79 Å². The molecule has 1 heterocycles. The molecule has 2 N–H and O–H groups in total. The van der Waals surface area contributed by atoms with Crippen LogP contribution < -0.4 is 10.6 Å². The molecule has 1 aliphatic heterocycles. The van der Waals surface area contributed by atoms with Crippen LogP contribution in [0.4, 0.5) is 0 Å². The predicted octanol–water partition coefficient (Wildman–Crippen LogP) is 4.44. The smallest absolute Gasteiger partial charge is 0.250 e. The number of carbonyl (C=O) groups is 1. The van der Waals surface area contributed by atoms with Crippen molar-refractivity contribution in [3.05, 3.63) is 82.6 Å². The van der Waals surface area contributed by atoms with Crippen molar-refractivity contribution in [1.82, 2.24) is 10.6 Å². The van der Waals surface area contributed by atoms with E-state index in [0.29, 0.717) is 24.9 Å². The lowest BCUT2D eigenvalue weighted by atomic mass is 9.76. The van der Waals surface area contributed by atoms with Crippen molar-refractivity contribution < 1.29 is 4.79 Å². The number of hydrogen-bond acceptors (Lipinski definition) is 2. The Morgan fingerprint density at radius 1 is 0.889 bits per heavy atom. The predicted molar refractivity (Wildman–Crippen MR) is 109 cm³/mol. The van der Waals surface area contributed by atoms with Crippen molar-refractivity contribution in [2.75, 3.05) is 6.67 Å². The van der Waals surface area contributed by atoms with Gasteiger partial charge in [0.1, 0.15) is 0 Å². The molecule has 3 heteroatoms. The molecule has 2 aromatic carbocycles. The Labute approximate surface area is 161 Å². The quantitative estimate of drug-likeness (QED) is 0.846. The monoisotopic (exact) mass is 360 g/mol. The van der Waals surface area contributed by atoms with Gasteiger partial charge < -0.3 is 10.6 Å². The first-order valence-electron chi connectivity index (χ1n) is 10.1. The summed E-state index contributed by atoms with van der Waals surface area (Å²) < 4.78 is 0. The molecule has 0 spiro atoms. The standard InChI is InChI=1S/C24H28N2O/c1-17-6-5-7-18(14-17)15-22-23(25-16-26-24(22)27)21-12-10-20(11-13-21)19-8-3-2-4-9-19/h2-9,14,20-21,25H,10-13,15-16H2,1H3,(H,26,27). The topological polar surface area (TPSA) is 41.1 Å². The summed E-state index contributed by atoms with van der Waals surface area (Å²) in [7, 11) is 0. The van der Waals surface area contributed by atoms with Gasteiger partial charge in [-0.25, -0.2) is 0 Å². The van der Waals surface area contributed by atoms with E-state index in [1.165, 1.54) is 35.2 Å². The first-order chi connectivity index (χ1) is 13.2. The average Bonchev–Trinajstić information content (AvgIpc) is 2.70. The van der Waals surface area contributed by atoms with E-state index in [9.17, 15) is 4.79 Å². The van der Waals surface area contributed by atoms with Gasteiger partial charge in [0.05, 0.1) is 6.67 Å². The van der Waals surface area contributed by atoms with Crippen molar-refractivity contribution in [2.24, 2.45) is 5.92 Å². The minimum atomic E-state index is 0.0930. The van der Waals surface area contributed by atoms with Crippen LogP contribution in [-0.4, -0.2) is 12.6 Å². The summed E-state index contributed by atoms with van der Waals surface area (Å²) in [6.07, 6.45) is 5.38. The lowest BCUT2D eigenvalue weighted by molar-refractivity contribution is -0.118. The largest absolute Gasteiger partial charge is 0.371 e. The fraction of sp³-hybridized carbons (Fsp3) is 0.375. The summed E-state index contributed by atoms with van der Waals surface area (Å²) in [5.41, 5.74) is 6.02. The van der Waals surface area contributed by atoms with Crippen LogP contribution in [-0.2, 0) is 11.2 Å². The summed E-state index contributed by atoms with van der Waals surface area (Å²) in [4.78, 5) is 12.6. The number of nitrogens with one attached hydrogen (secondary N) is 2. The zero-order valence-corrected chi connectivity index (χ0v) is 16.0. The van der Waals surface area contributed by atoms with Crippen molar-refractivity contribution in [2.45, 2.75) is 44.9 Å². The molecule has 0 unspecified atom stereocenters. The fourth-order valence-electron chi connectivity index (χ4n) is 4.59. The molecule has 1 amide bonds. The van der Waals surface area contributed by atoms with E-state index in [0.717, 1.165) is 18.4 Å². The second kappa shape index (κ2) is 7.99. The number of hydrogen-bond donors (Lipinski definition) is 2. The van der Waals surface area contributed by atoms with Crippen LogP contribution in [0.1, 0.15) is 48.3 Å². The Balaban J connectivity index is 1.52. The summed E-state index contributed by atoms with van der Waals surface area (Å²) in [6.45, 7) is 2.65. The Morgan fingerprint density at radius 2 is 1.63 bits per heavy atom. The third-order valence-electron chi connectivity index (χ3n) is 6.00. The highest BCUT2D eigenvalue weighted by Gasteiger charge is 2.30. The van der Waals surface area contributed by atoms with Crippen LogP contribution in [0, 0.1) is 12.8 Å². The summed E-state index contributed by atoms with van der Waals surface area (Å²) in [5.74, 6) is 1.21. The van der Waals surface area contributed by atoms with Crippen molar-refractivity contribution >= 4 is 5.91 Å². The highest BCUT2D eigenvalue weighted by atomic mass is 16.1.